The Bertz CT molecular complexity index is 562. The van der Waals surface area contributed by atoms with Gasteiger partial charge in [-0.05, 0) is 25.0 Å². The summed E-state index contributed by atoms with van der Waals surface area (Å²) in [4.78, 5) is 24.9. The van der Waals surface area contributed by atoms with Gasteiger partial charge in [0.15, 0.2) is 0 Å². The Morgan fingerprint density at radius 2 is 2.29 bits per heavy atom. The molecule has 0 spiro atoms. The van der Waals surface area contributed by atoms with Gasteiger partial charge in [0.05, 0.1) is 19.4 Å². The Kier molecular flexibility index (Phi) is 4.90. The molecule has 1 aliphatic heterocycles. The van der Waals surface area contributed by atoms with Gasteiger partial charge in [-0.1, -0.05) is 11.6 Å². The molecule has 1 N–H and O–H groups in total. The van der Waals surface area contributed by atoms with E-state index in [2.05, 4.69) is 5.32 Å². The van der Waals surface area contributed by atoms with E-state index < -0.39 is 6.09 Å². The van der Waals surface area contributed by atoms with Gasteiger partial charge < -0.3 is 14.8 Å². The minimum Gasteiger partial charge on any atom is -0.495 e. The molecule has 2 rings (SSSR count). The predicted molar refractivity (Wildman–Crippen MR) is 78.9 cm³/mol. The molecule has 0 atom stereocenters. The lowest BCUT2D eigenvalue weighted by Gasteiger charge is -2.25. The van der Waals surface area contributed by atoms with Crippen molar-refractivity contribution in [1.82, 2.24) is 4.90 Å². The van der Waals surface area contributed by atoms with Gasteiger partial charge in [0.1, 0.15) is 12.3 Å². The van der Waals surface area contributed by atoms with Crippen LogP contribution in [-0.4, -0.2) is 43.7 Å². The van der Waals surface area contributed by atoms with E-state index in [4.69, 9.17) is 21.1 Å². The second-order valence-electron chi connectivity index (χ2n) is 4.74. The monoisotopic (exact) mass is 312 g/mol. The quantitative estimate of drug-likeness (QED) is 0.927. The molecule has 21 heavy (non-hydrogen) atoms. The third-order valence-electron chi connectivity index (χ3n) is 3.15. The molecular formula is C14H17ClN2O4. The number of hydrogen-bond donors (Lipinski definition) is 1. The number of rotatable bonds is 4. The van der Waals surface area contributed by atoms with Crippen LogP contribution in [0.1, 0.15) is 12.0 Å². The Labute approximate surface area is 128 Å². The van der Waals surface area contributed by atoms with Gasteiger partial charge in [0.25, 0.3) is 0 Å². The van der Waals surface area contributed by atoms with Crippen molar-refractivity contribution in [2.24, 2.45) is 0 Å². The number of nitrogens with zero attached hydrogens (tertiary/aromatic N) is 1. The van der Waals surface area contributed by atoms with Crippen molar-refractivity contribution in [3.8, 4) is 5.75 Å². The van der Waals surface area contributed by atoms with Crippen LogP contribution in [0, 0.1) is 6.92 Å². The number of ether oxygens (including phenoxy) is 2. The van der Waals surface area contributed by atoms with Crippen LogP contribution in [0.15, 0.2) is 12.1 Å². The fourth-order valence-corrected chi connectivity index (χ4v) is 2.19. The predicted octanol–water partition coefficient (Wildman–Crippen LogP) is 2.44. The van der Waals surface area contributed by atoms with Crippen molar-refractivity contribution in [2.45, 2.75) is 13.3 Å². The first kappa shape index (κ1) is 15.4. The number of anilines is 1. The highest BCUT2D eigenvalue weighted by molar-refractivity contribution is 6.31. The fourth-order valence-electron chi connectivity index (χ4n) is 2.03. The van der Waals surface area contributed by atoms with Crippen LogP contribution in [0.4, 0.5) is 10.5 Å². The maximum Gasteiger partial charge on any atom is 0.410 e. The lowest BCUT2D eigenvalue weighted by Crippen LogP contribution is -2.42. The van der Waals surface area contributed by atoms with Crippen molar-refractivity contribution in [3.05, 3.63) is 22.7 Å². The summed E-state index contributed by atoms with van der Waals surface area (Å²) in [6.07, 6.45) is 0.262. The van der Waals surface area contributed by atoms with E-state index in [-0.39, 0.29) is 12.5 Å². The molecule has 1 fully saturated rings. The SMILES string of the molecule is COc1cc(Cl)c(C)cc1NC(=O)CN1CCCOC1=O. The molecule has 1 aliphatic rings. The zero-order valence-electron chi connectivity index (χ0n) is 11.9. The number of carbonyl (C=O) groups is 2. The number of aryl methyl sites for hydroxylation is 1. The molecule has 0 aromatic heterocycles. The van der Waals surface area contributed by atoms with Crippen LogP contribution in [0.25, 0.3) is 0 Å². The van der Waals surface area contributed by atoms with Crippen molar-refractivity contribution >= 4 is 29.3 Å². The molecule has 2 amide bonds. The summed E-state index contributed by atoms with van der Waals surface area (Å²) in [7, 11) is 1.50. The second-order valence-corrected chi connectivity index (χ2v) is 5.15. The van der Waals surface area contributed by atoms with E-state index in [1.54, 1.807) is 12.1 Å². The molecule has 1 aromatic rings. The van der Waals surface area contributed by atoms with Crippen LogP contribution in [0.3, 0.4) is 0 Å². The summed E-state index contributed by atoms with van der Waals surface area (Å²) in [6.45, 7) is 2.70. The first-order chi connectivity index (χ1) is 10.0. The first-order valence-electron chi connectivity index (χ1n) is 6.57. The highest BCUT2D eigenvalue weighted by Crippen LogP contribution is 2.30. The molecular weight excluding hydrogens is 296 g/mol. The van der Waals surface area contributed by atoms with Crippen molar-refractivity contribution in [2.75, 3.05) is 32.1 Å². The molecule has 7 heteroatoms. The third kappa shape index (κ3) is 3.78. The van der Waals surface area contributed by atoms with E-state index in [0.717, 1.165) is 12.0 Å². The molecule has 1 heterocycles. The Hall–Kier alpha value is -1.95. The first-order valence-corrected chi connectivity index (χ1v) is 6.94. The maximum atomic E-state index is 12.0. The fraction of sp³-hybridized carbons (Fsp3) is 0.429. The molecule has 0 unspecified atom stereocenters. The summed E-state index contributed by atoms with van der Waals surface area (Å²) < 4.78 is 10.1. The number of cyclic esters (lactones) is 1. The average molecular weight is 313 g/mol. The second kappa shape index (κ2) is 6.67. The van der Waals surface area contributed by atoms with Crippen molar-refractivity contribution in [1.29, 1.82) is 0 Å². The number of amides is 2. The van der Waals surface area contributed by atoms with Crippen LogP contribution in [0.2, 0.25) is 5.02 Å². The topological polar surface area (TPSA) is 67.9 Å². The zero-order chi connectivity index (χ0) is 15.4. The molecule has 114 valence electrons. The summed E-state index contributed by atoms with van der Waals surface area (Å²) in [5, 5.41) is 3.29. The maximum absolute atomic E-state index is 12.0. The van der Waals surface area contributed by atoms with E-state index >= 15 is 0 Å². The minimum absolute atomic E-state index is 0.0519. The standard InChI is InChI=1S/C14H17ClN2O4/c1-9-6-11(12(20-2)7-10(9)15)16-13(18)8-17-4-3-5-21-14(17)19/h6-7H,3-5,8H2,1-2H3,(H,16,18). The zero-order valence-corrected chi connectivity index (χ0v) is 12.7. The number of halogens is 1. The van der Waals surface area contributed by atoms with Gasteiger partial charge in [-0.3, -0.25) is 9.69 Å². The van der Waals surface area contributed by atoms with Gasteiger partial charge in [-0.25, -0.2) is 4.79 Å². The van der Waals surface area contributed by atoms with E-state index in [0.29, 0.717) is 29.6 Å². The molecule has 0 radical (unpaired) electrons. The largest absolute Gasteiger partial charge is 0.495 e. The van der Waals surface area contributed by atoms with Crippen LogP contribution in [-0.2, 0) is 9.53 Å². The van der Waals surface area contributed by atoms with Gasteiger partial charge in [0.2, 0.25) is 5.91 Å². The van der Waals surface area contributed by atoms with Crippen LogP contribution in [0.5, 0.6) is 5.75 Å². The smallest absolute Gasteiger partial charge is 0.410 e. The summed E-state index contributed by atoms with van der Waals surface area (Å²) in [5.41, 5.74) is 1.35. The molecule has 1 saturated heterocycles. The Balaban J connectivity index is 2.05. The number of methoxy groups -OCH3 is 1. The lowest BCUT2D eigenvalue weighted by atomic mass is 10.2. The van der Waals surface area contributed by atoms with E-state index in [1.807, 2.05) is 6.92 Å². The van der Waals surface area contributed by atoms with Gasteiger partial charge in [-0.2, -0.15) is 0 Å². The summed E-state index contributed by atoms with van der Waals surface area (Å²) in [6, 6.07) is 3.37. The minimum atomic E-state index is -0.462. The number of nitrogens with one attached hydrogen (secondary N) is 1. The molecule has 6 nitrogen and oxygen atoms in total. The van der Waals surface area contributed by atoms with Gasteiger partial charge in [0, 0.05) is 17.6 Å². The van der Waals surface area contributed by atoms with Gasteiger partial charge >= 0.3 is 6.09 Å². The summed E-state index contributed by atoms with van der Waals surface area (Å²) in [5.74, 6) is 0.161. The molecule has 1 aromatic carbocycles. The van der Waals surface area contributed by atoms with Crippen molar-refractivity contribution in [3.63, 3.8) is 0 Å². The van der Waals surface area contributed by atoms with Crippen LogP contribution >= 0.6 is 11.6 Å². The number of carbonyl (C=O) groups excluding carboxylic acids is 2. The van der Waals surface area contributed by atoms with Gasteiger partial charge in [-0.15, -0.1) is 0 Å². The molecule has 0 bridgehead atoms. The van der Waals surface area contributed by atoms with E-state index in [1.165, 1.54) is 12.0 Å². The Morgan fingerprint density at radius 3 is 2.95 bits per heavy atom. The summed E-state index contributed by atoms with van der Waals surface area (Å²) >= 11 is 6.01. The van der Waals surface area contributed by atoms with E-state index in [9.17, 15) is 9.59 Å². The normalized spacial score (nSPS) is 14.6. The van der Waals surface area contributed by atoms with Crippen LogP contribution < -0.4 is 10.1 Å². The Morgan fingerprint density at radius 1 is 1.52 bits per heavy atom. The highest BCUT2D eigenvalue weighted by atomic mass is 35.5. The highest BCUT2D eigenvalue weighted by Gasteiger charge is 2.22. The molecule has 0 aliphatic carbocycles. The van der Waals surface area contributed by atoms with Crippen molar-refractivity contribution < 1.29 is 19.1 Å². The number of benzene rings is 1. The third-order valence-corrected chi connectivity index (χ3v) is 3.55. The molecule has 0 saturated carbocycles. The average Bonchev–Trinajstić information content (AvgIpc) is 2.45. The lowest BCUT2D eigenvalue weighted by molar-refractivity contribution is -0.117. The number of hydrogen-bond acceptors (Lipinski definition) is 4.